The molecule has 0 aliphatic rings. The van der Waals surface area contributed by atoms with Crippen molar-refractivity contribution in [3.8, 4) is 0 Å². The van der Waals surface area contributed by atoms with E-state index in [2.05, 4.69) is 135 Å². The van der Waals surface area contributed by atoms with Gasteiger partial charge < -0.3 is 0 Å². The molecule has 0 radical (unpaired) electrons. The highest BCUT2D eigenvalue weighted by atomic mass is 14.0. The molecule has 0 spiro atoms. The predicted molar refractivity (Wildman–Crippen MR) is 143 cm³/mol. The molecular formula is C31H46. The van der Waals surface area contributed by atoms with Gasteiger partial charge in [-0.1, -0.05) is 138 Å². The summed E-state index contributed by atoms with van der Waals surface area (Å²) in [5.41, 5.74) is 8.28. The van der Waals surface area contributed by atoms with Gasteiger partial charge in [-0.15, -0.1) is 0 Å². The molecule has 0 fully saturated rings. The summed E-state index contributed by atoms with van der Waals surface area (Å²) >= 11 is 0. The van der Waals surface area contributed by atoms with Crippen molar-refractivity contribution in [1.82, 2.24) is 0 Å². The first kappa shape index (κ1) is 28.7. The Hall–Kier alpha value is -2.34. The highest BCUT2D eigenvalue weighted by molar-refractivity contribution is 5.24. The van der Waals surface area contributed by atoms with Gasteiger partial charge in [0.1, 0.15) is 0 Å². The molecule has 0 heteroatoms. The molecule has 3 aromatic carbocycles. The molecular weight excluding hydrogens is 372 g/mol. The minimum Gasteiger partial charge on any atom is -0.0776 e. The summed E-state index contributed by atoms with van der Waals surface area (Å²) in [6.45, 7) is 19.6. The lowest BCUT2D eigenvalue weighted by Gasteiger charge is -2.03. The highest BCUT2D eigenvalue weighted by Gasteiger charge is 1.97. The van der Waals surface area contributed by atoms with E-state index in [9.17, 15) is 0 Å². The Morgan fingerprint density at radius 2 is 0.516 bits per heavy atom. The monoisotopic (exact) mass is 418 g/mol. The first-order valence-corrected chi connectivity index (χ1v) is 11.3. The molecule has 3 rings (SSSR count). The standard InChI is InChI=1S/3C10H14.CH4/c3*1-8(2)10-6-4-9(3)5-7-10;/h3*4-8H,1-3H3;1H4. The maximum absolute atomic E-state index is 2.21. The van der Waals surface area contributed by atoms with Crippen LogP contribution in [0, 0.1) is 20.8 Å². The molecule has 0 amide bonds. The average molecular weight is 419 g/mol. The van der Waals surface area contributed by atoms with Crippen LogP contribution in [0.2, 0.25) is 0 Å². The summed E-state index contributed by atoms with van der Waals surface area (Å²) in [6.07, 6.45) is 0. The van der Waals surface area contributed by atoms with Gasteiger partial charge in [-0.2, -0.15) is 0 Å². The molecule has 170 valence electrons. The maximum atomic E-state index is 2.21. The summed E-state index contributed by atoms with van der Waals surface area (Å²) in [5.74, 6) is 1.96. The molecule has 0 atom stereocenters. The Morgan fingerprint density at radius 1 is 0.355 bits per heavy atom. The van der Waals surface area contributed by atoms with Crippen molar-refractivity contribution in [3.05, 3.63) is 106 Å². The smallest absolute Gasteiger partial charge is 0.0219 e. The van der Waals surface area contributed by atoms with Crippen molar-refractivity contribution >= 4 is 0 Å². The lowest BCUT2D eigenvalue weighted by atomic mass is 10.0. The van der Waals surface area contributed by atoms with Crippen LogP contribution in [0.25, 0.3) is 0 Å². The molecule has 0 bridgehead atoms. The van der Waals surface area contributed by atoms with Crippen LogP contribution in [0.1, 0.15) is 100 Å². The van der Waals surface area contributed by atoms with E-state index in [4.69, 9.17) is 0 Å². The normalized spacial score (nSPS) is 10.1. The van der Waals surface area contributed by atoms with Gasteiger partial charge in [-0.3, -0.25) is 0 Å². The largest absolute Gasteiger partial charge is 0.0776 e. The van der Waals surface area contributed by atoms with E-state index in [0.29, 0.717) is 17.8 Å². The van der Waals surface area contributed by atoms with Crippen LogP contribution in [0.5, 0.6) is 0 Å². The van der Waals surface area contributed by atoms with Gasteiger partial charge in [0.2, 0.25) is 0 Å². The Kier molecular flexibility index (Phi) is 13.5. The van der Waals surface area contributed by atoms with E-state index in [0.717, 1.165) is 0 Å². The van der Waals surface area contributed by atoms with Crippen LogP contribution >= 0.6 is 0 Å². The number of rotatable bonds is 3. The Morgan fingerprint density at radius 3 is 0.645 bits per heavy atom. The third-order valence-electron chi connectivity index (χ3n) is 5.23. The van der Waals surface area contributed by atoms with E-state index in [1.165, 1.54) is 33.4 Å². The number of benzene rings is 3. The molecule has 0 N–H and O–H groups in total. The predicted octanol–water partition coefficient (Wildman–Crippen LogP) is 9.99. The van der Waals surface area contributed by atoms with Crippen molar-refractivity contribution in [2.24, 2.45) is 0 Å². The minimum atomic E-state index is 0. The van der Waals surface area contributed by atoms with E-state index >= 15 is 0 Å². The topological polar surface area (TPSA) is 0 Å². The molecule has 0 aliphatic carbocycles. The fraction of sp³-hybridized carbons (Fsp3) is 0.419. The third-order valence-corrected chi connectivity index (χ3v) is 5.23. The minimum absolute atomic E-state index is 0. The molecule has 0 heterocycles. The van der Waals surface area contributed by atoms with Crippen molar-refractivity contribution in [1.29, 1.82) is 0 Å². The number of hydrogen-bond acceptors (Lipinski definition) is 0. The lowest BCUT2D eigenvalue weighted by Crippen LogP contribution is -1.85. The fourth-order valence-corrected chi connectivity index (χ4v) is 2.85. The van der Waals surface area contributed by atoms with E-state index in [1.54, 1.807) is 0 Å². The molecule has 0 saturated carbocycles. The number of hydrogen-bond donors (Lipinski definition) is 0. The zero-order valence-corrected chi connectivity index (χ0v) is 20.7. The fourth-order valence-electron chi connectivity index (χ4n) is 2.85. The van der Waals surface area contributed by atoms with Gasteiger partial charge in [0.15, 0.2) is 0 Å². The van der Waals surface area contributed by atoms with Crippen LogP contribution in [0.15, 0.2) is 72.8 Å². The highest BCUT2D eigenvalue weighted by Crippen LogP contribution is 2.15. The van der Waals surface area contributed by atoms with Gasteiger partial charge >= 0.3 is 0 Å². The molecule has 0 unspecified atom stereocenters. The molecule has 0 nitrogen and oxygen atoms in total. The second kappa shape index (κ2) is 14.6. The lowest BCUT2D eigenvalue weighted by molar-refractivity contribution is 0.866. The summed E-state index contributed by atoms with van der Waals surface area (Å²) in [7, 11) is 0. The van der Waals surface area contributed by atoms with Gasteiger partial charge in [0.25, 0.3) is 0 Å². The van der Waals surface area contributed by atoms with Crippen LogP contribution < -0.4 is 0 Å². The van der Waals surface area contributed by atoms with Crippen molar-refractivity contribution in [3.63, 3.8) is 0 Å². The van der Waals surface area contributed by atoms with Gasteiger partial charge in [0, 0.05) is 0 Å². The Labute approximate surface area is 193 Å². The van der Waals surface area contributed by atoms with E-state index in [1.807, 2.05) is 0 Å². The van der Waals surface area contributed by atoms with Crippen molar-refractivity contribution in [2.75, 3.05) is 0 Å². The quantitative estimate of drug-likeness (QED) is 0.397. The van der Waals surface area contributed by atoms with Crippen LogP contribution in [-0.2, 0) is 0 Å². The second-order valence-electron chi connectivity index (χ2n) is 9.20. The molecule has 0 aromatic heterocycles. The van der Waals surface area contributed by atoms with Gasteiger partial charge in [0.05, 0.1) is 0 Å². The van der Waals surface area contributed by atoms with Crippen LogP contribution in [0.3, 0.4) is 0 Å². The average Bonchev–Trinajstić information content (AvgIpc) is 2.70. The van der Waals surface area contributed by atoms with Crippen molar-refractivity contribution < 1.29 is 0 Å². The molecule has 0 saturated heterocycles. The zero-order valence-electron chi connectivity index (χ0n) is 20.7. The summed E-state index contributed by atoms with van der Waals surface area (Å²) in [6, 6.07) is 26.1. The molecule has 3 aromatic rings. The SMILES string of the molecule is C.Cc1ccc(C(C)C)cc1.Cc1ccc(C(C)C)cc1.Cc1ccc(C(C)C)cc1. The molecule has 0 aliphatic heterocycles. The van der Waals surface area contributed by atoms with Crippen molar-refractivity contribution in [2.45, 2.75) is 87.5 Å². The van der Waals surface area contributed by atoms with Gasteiger partial charge in [-0.05, 0) is 55.2 Å². The summed E-state index contributed by atoms with van der Waals surface area (Å²) in [4.78, 5) is 0. The maximum Gasteiger partial charge on any atom is -0.0219 e. The first-order valence-electron chi connectivity index (χ1n) is 11.3. The second-order valence-corrected chi connectivity index (χ2v) is 9.20. The zero-order chi connectivity index (χ0) is 22.7. The Bertz CT molecular complexity index is 699. The summed E-state index contributed by atoms with van der Waals surface area (Å²) in [5, 5.41) is 0. The van der Waals surface area contributed by atoms with E-state index in [-0.39, 0.29) is 7.43 Å². The Balaban J connectivity index is 0.000000429. The number of aryl methyl sites for hydroxylation is 3. The third kappa shape index (κ3) is 11.6. The first-order chi connectivity index (χ1) is 14.1. The van der Waals surface area contributed by atoms with Gasteiger partial charge in [-0.25, -0.2) is 0 Å². The summed E-state index contributed by atoms with van der Waals surface area (Å²) < 4.78 is 0. The van der Waals surface area contributed by atoms with E-state index < -0.39 is 0 Å². The van der Waals surface area contributed by atoms with Crippen LogP contribution in [0.4, 0.5) is 0 Å². The molecule has 31 heavy (non-hydrogen) atoms. The van der Waals surface area contributed by atoms with Crippen LogP contribution in [-0.4, -0.2) is 0 Å².